The normalized spacial score (nSPS) is 16.6. The lowest BCUT2D eigenvalue weighted by Crippen LogP contribution is -2.47. The van der Waals surface area contributed by atoms with Crippen LogP contribution in [-0.4, -0.2) is 24.9 Å². The van der Waals surface area contributed by atoms with Crippen LogP contribution in [0.3, 0.4) is 0 Å². The number of hydrogen-bond donors (Lipinski definition) is 2. The molecule has 1 aliphatic heterocycles. The van der Waals surface area contributed by atoms with Crippen molar-refractivity contribution in [2.75, 3.05) is 7.11 Å². The summed E-state index contributed by atoms with van der Waals surface area (Å²) in [4.78, 5) is 28.8. The number of aliphatic imine (C=N–C) groups is 1. The topological polar surface area (TPSA) is 79.8 Å². The van der Waals surface area contributed by atoms with Gasteiger partial charge in [-0.3, -0.25) is 20.2 Å². The van der Waals surface area contributed by atoms with E-state index in [1.165, 1.54) is 7.11 Å². The molecule has 25 heavy (non-hydrogen) atoms. The Labute approximate surface area is 153 Å². The van der Waals surface area contributed by atoms with Crippen molar-refractivity contribution < 1.29 is 14.3 Å². The van der Waals surface area contributed by atoms with Crippen molar-refractivity contribution in [1.82, 2.24) is 10.6 Å². The highest BCUT2D eigenvalue weighted by molar-refractivity contribution is 9.10. The first-order chi connectivity index (χ1) is 12.0. The first kappa shape index (κ1) is 17.2. The molecule has 0 fully saturated rings. The van der Waals surface area contributed by atoms with Gasteiger partial charge in [0.2, 0.25) is 11.9 Å². The molecule has 2 aromatic carbocycles. The number of carbonyl (C=O) groups is 2. The minimum Gasteiger partial charge on any atom is -0.497 e. The van der Waals surface area contributed by atoms with Crippen molar-refractivity contribution in [3.8, 4) is 5.75 Å². The van der Waals surface area contributed by atoms with E-state index in [9.17, 15) is 9.59 Å². The number of carbonyl (C=O) groups excluding carboxylic acids is 2. The van der Waals surface area contributed by atoms with Crippen LogP contribution < -0.4 is 15.4 Å². The monoisotopic (exact) mass is 401 g/mol. The van der Waals surface area contributed by atoms with Crippen LogP contribution >= 0.6 is 15.9 Å². The fourth-order valence-corrected chi connectivity index (χ4v) is 2.74. The number of rotatable bonds is 3. The van der Waals surface area contributed by atoms with Crippen molar-refractivity contribution >= 4 is 33.7 Å². The summed E-state index contributed by atoms with van der Waals surface area (Å²) in [5.74, 6) is 0.172. The van der Waals surface area contributed by atoms with Gasteiger partial charge in [-0.05, 0) is 35.9 Å². The Balaban J connectivity index is 1.79. The number of amides is 2. The lowest BCUT2D eigenvalue weighted by atomic mass is 10.0. The fourth-order valence-electron chi connectivity index (χ4n) is 2.48. The van der Waals surface area contributed by atoms with E-state index in [0.29, 0.717) is 11.3 Å². The van der Waals surface area contributed by atoms with Crippen LogP contribution in [0.1, 0.15) is 28.4 Å². The van der Waals surface area contributed by atoms with Crippen LogP contribution in [0, 0.1) is 0 Å². The van der Waals surface area contributed by atoms with Crippen LogP contribution in [0.5, 0.6) is 5.75 Å². The standard InChI is InChI=1S/C18H16BrN3O3/c1-25-14-4-2-3-12(9-14)17(24)22-18-20-15(10-16(23)21-18)11-5-7-13(19)8-6-11/h2-9,15H,10H2,1H3,(H2,20,21,22,23,24). The largest absolute Gasteiger partial charge is 0.497 e. The highest BCUT2D eigenvalue weighted by atomic mass is 79.9. The van der Waals surface area contributed by atoms with Crippen LogP contribution in [0.25, 0.3) is 0 Å². The van der Waals surface area contributed by atoms with E-state index in [1.54, 1.807) is 24.3 Å². The maximum atomic E-state index is 12.4. The first-order valence-corrected chi connectivity index (χ1v) is 8.43. The molecule has 0 spiro atoms. The molecule has 128 valence electrons. The summed E-state index contributed by atoms with van der Waals surface area (Å²) in [6.45, 7) is 0. The Bertz CT molecular complexity index is 834. The van der Waals surface area contributed by atoms with Crippen LogP contribution in [0.15, 0.2) is 58.0 Å². The van der Waals surface area contributed by atoms with E-state index < -0.39 is 0 Å². The van der Waals surface area contributed by atoms with E-state index in [4.69, 9.17) is 4.74 Å². The van der Waals surface area contributed by atoms with Gasteiger partial charge in [0.25, 0.3) is 5.91 Å². The van der Waals surface area contributed by atoms with E-state index in [0.717, 1.165) is 10.0 Å². The number of hydrogen-bond acceptors (Lipinski definition) is 4. The Morgan fingerprint density at radius 1 is 1.28 bits per heavy atom. The quantitative estimate of drug-likeness (QED) is 0.829. The van der Waals surface area contributed by atoms with Crippen molar-refractivity contribution in [3.05, 3.63) is 64.1 Å². The fraction of sp³-hybridized carbons (Fsp3) is 0.167. The van der Waals surface area contributed by atoms with Gasteiger partial charge < -0.3 is 4.74 Å². The summed E-state index contributed by atoms with van der Waals surface area (Å²) in [5.41, 5.74) is 1.33. The summed E-state index contributed by atoms with van der Waals surface area (Å²) < 4.78 is 6.06. The third-order valence-electron chi connectivity index (χ3n) is 3.74. The Morgan fingerprint density at radius 3 is 2.76 bits per heavy atom. The molecule has 0 saturated heterocycles. The molecular formula is C18H16BrN3O3. The Hall–Kier alpha value is -2.67. The smallest absolute Gasteiger partial charge is 0.258 e. The minimum absolute atomic E-state index is 0.150. The van der Waals surface area contributed by atoms with Gasteiger partial charge in [0, 0.05) is 10.0 Å². The third kappa shape index (κ3) is 4.24. The predicted octanol–water partition coefficient (Wildman–Crippen LogP) is 2.80. The summed E-state index contributed by atoms with van der Waals surface area (Å²) in [6.07, 6.45) is 0.236. The SMILES string of the molecule is COc1cccc(C(=O)NC2=NC(c3ccc(Br)cc3)CC(=O)N2)c1. The molecule has 6 nitrogen and oxygen atoms in total. The summed E-state index contributed by atoms with van der Waals surface area (Å²) in [7, 11) is 1.53. The Kier molecular flexibility index (Phi) is 5.14. The lowest BCUT2D eigenvalue weighted by Gasteiger charge is -2.21. The van der Waals surface area contributed by atoms with Gasteiger partial charge in [-0.2, -0.15) is 0 Å². The van der Waals surface area contributed by atoms with E-state index >= 15 is 0 Å². The van der Waals surface area contributed by atoms with Gasteiger partial charge in [-0.1, -0.05) is 34.1 Å². The van der Waals surface area contributed by atoms with Gasteiger partial charge in [0.05, 0.1) is 19.6 Å². The molecular weight excluding hydrogens is 386 g/mol. The molecule has 2 N–H and O–H groups in total. The number of halogens is 1. The lowest BCUT2D eigenvalue weighted by molar-refractivity contribution is -0.120. The molecule has 1 atom stereocenters. The zero-order valence-electron chi connectivity index (χ0n) is 13.5. The second-order valence-corrected chi connectivity index (χ2v) is 6.40. The molecule has 3 rings (SSSR count). The molecule has 1 unspecified atom stereocenters. The van der Waals surface area contributed by atoms with Gasteiger partial charge in [-0.25, -0.2) is 4.99 Å². The molecule has 1 heterocycles. The number of nitrogens with one attached hydrogen (secondary N) is 2. The number of guanidine groups is 1. The van der Waals surface area contributed by atoms with Gasteiger partial charge >= 0.3 is 0 Å². The molecule has 7 heteroatoms. The van der Waals surface area contributed by atoms with E-state index in [2.05, 4.69) is 31.6 Å². The van der Waals surface area contributed by atoms with Crippen LogP contribution in [-0.2, 0) is 4.79 Å². The zero-order chi connectivity index (χ0) is 17.8. The third-order valence-corrected chi connectivity index (χ3v) is 4.27. The number of benzene rings is 2. The second-order valence-electron chi connectivity index (χ2n) is 5.48. The van der Waals surface area contributed by atoms with Crippen molar-refractivity contribution in [2.45, 2.75) is 12.5 Å². The average molecular weight is 402 g/mol. The van der Waals surface area contributed by atoms with Gasteiger partial charge in [0.15, 0.2) is 0 Å². The number of nitrogens with zero attached hydrogens (tertiary/aromatic N) is 1. The maximum Gasteiger partial charge on any atom is 0.258 e. The second kappa shape index (κ2) is 7.48. The highest BCUT2D eigenvalue weighted by Gasteiger charge is 2.23. The molecule has 1 aliphatic rings. The molecule has 2 aromatic rings. The van der Waals surface area contributed by atoms with Crippen LogP contribution in [0.2, 0.25) is 0 Å². The summed E-state index contributed by atoms with van der Waals surface area (Å²) in [6, 6.07) is 14.0. The highest BCUT2D eigenvalue weighted by Crippen LogP contribution is 2.25. The van der Waals surface area contributed by atoms with Gasteiger partial charge in [0.1, 0.15) is 5.75 Å². The summed E-state index contributed by atoms with van der Waals surface area (Å²) in [5, 5.41) is 5.24. The zero-order valence-corrected chi connectivity index (χ0v) is 15.0. The first-order valence-electron chi connectivity index (χ1n) is 7.63. The molecule has 0 aliphatic carbocycles. The molecule has 0 aromatic heterocycles. The number of methoxy groups -OCH3 is 1. The van der Waals surface area contributed by atoms with Crippen molar-refractivity contribution in [1.29, 1.82) is 0 Å². The molecule has 2 amide bonds. The summed E-state index contributed by atoms with van der Waals surface area (Å²) >= 11 is 3.38. The Morgan fingerprint density at radius 2 is 2.04 bits per heavy atom. The van der Waals surface area contributed by atoms with E-state index in [1.807, 2.05) is 24.3 Å². The van der Waals surface area contributed by atoms with Crippen molar-refractivity contribution in [2.24, 2.45) is 4.99 Å². The maximum absolute atomic E-state index is 12.4. The van der Waals surface area contributed by atoms with Gasteiger partial charge in [-0.15, -0.1) is 0 Å². The van der Waals surface area contributed by atoms with Crippen molar-refractivity contribution in [3.63, 3.8) is 0 Å². The van der Waals surface area contributed by atoms with E-state index in [-0.39, 0.29) is 30.2 Å². The minimum atomic E-state index is -0.366. The van der Waals surface area contributed by atoms with Crippen LogP contribution in [0.4, 0.5) is 0 Å². The average Bonchev–Trinajstić information content (AvgIpc) is 2.62. The molecule has 0 bridgehead atoms. The number of ether oxygens (including phenoxy) is 1. The molecule has 0 saturated carbocycles. The molecule has 0 radical (unpaired) electrons. The predicted molar refractivity (Wildman–Crippen MR) is 97.5 cm³/mol.